The maximum atomic E-state index is 5.68. The average Bonchev–Trinajstić information content (AvgIpc) is 2.29. The Morgan fingerprint density at radius 3 is 2.38 bits per heavy atom. The van der Waals surface area contributed by atoms with Crippen molar-refractivity contribution >= 4 is 27.6 Å². The van der Waals surface area contributed by atoms with Gasteiger partial charge in [-0.2, -0.15) is 0 Å². The molecule has 0 bridgehead atoms. The van der Waals surface area contributed by atoms with E-state index < -0.39 is 0 Å². The minimum Gasteiger partial charge on any atom is -0.384 e. The van der Waals surface area contributed by atoms with Crippen molar-refractivity contribution < 1.29 is 19.5 Å². The van der Waals surface area contributed by atoms with Crippen LogP contribution in [0, 0.1) is 0 Å². The van der Waals surface area contributed by atoms with E-state index >= 15 is 0 Å². The fourth-order valence-corrected chi connectivity index (χ4v) is 1.74. The van der Waals surface area contributed by atoms with Crippen LogP contribution in [0.2, 0.25) is 0 Å². The standard InChI is InChI=1S/C12H9N3.Ru/c13-10-6-5-9-4-3-8-2-1-7-14-11(8)12(9)15-10;/h1-7H,(H2,13,15);. The Hall–Kier alpha value is -1.54. The van der Waals surface area contributed by atoms with Crippen molar-refractivity contribution in [3.63, 3.8) is 0 Å². The molecule has 2 aromatic heterocycles. The van der Waals surface area contributed by atoms with E-state index in [-0.39, 0.29) is 19.5 Å². The number of benzene rings is 1. The molecule has 0 saturated carbocycles. The van der Waals surface area contributed by atoms with E-state index in [0.29, 0.717) is 5.82 Å². The fourth-order valence-electron chi connectivity index (χ4n) is 1.74. The van der Waals surface area contributed by atoms with Gasteiger partial charge >= 0.3 is 0 Å². The third-order valence-corrected chi connectivity index (χ3v) is 2.45. The first-order chi connectivity index (χ1) is 7.34. The molecule has 0 unspecified atom stereocenters. The molecule has 0 radical (unpaired) electrons. The molecule has 0 aliphatic heterocycles. The van der Waals surface area contributed by atoms with Gasteiger partial charge in [-0.1, -0.05) is 18.2 Å². The minimum atomic E-state index is 0. The third kappa shape index (κ3) is 1.65. The zero-order valence-corrected chi connectivity index (χ0v) is 10.1. The van der Waals surface area contributed by atoms with Crippen molar-refractivity contribution in [2.45, 2.75) is 0 Å². The number of fused-ring (bicyclic) bond motifs is 3. The van der Waals surface area contributed by atoms with Crippen molar-refractivity contribution in [2.75, 3.05) is 5.73 Å². The largest absolute Gasteiger partial charge is 0.384 e. The first-order valence-corrected chi connectivity index (χ1v) is 4.74. The summed E-state index contributed by atoms with van der Waals surface area (Å²) in [5.74, 6) is 0.528. The van der Waals surface area contributed by atoms with Crippen molar-refractivity contribution in [1.29, 1.82) is 0 Å². The van der Waals surface area contributed by atoms with Crippen LogP contribution in [0.1, 0.15) is 0 Å². The molecule has 80 valence electrons. The minimum absolute atomic E-state index is 0. The van der Waals surface area contributed by atoms with Crippen LogP contribution in [0.4, 0.5) is 5.82 Å². The molecule has 3 aromatic rings. The van der Waals surface area contributed by atoms with E-state index in [2.05, 4.69) is 9.97 Å². The molecule has 0 fully saturated rings. The van der Waals surface area contributed by atoms with Crippen molar-refractivity contribution in [3.05, 3.63) is 42.6 Å². The maximum absolute atomic E-state index is 5.68. The molecule has 0 spiro atoms. The van der Waals surface area contributed by atoms with Crippen LogP contribution in [0.15, 0.2) is 42.6 Å². The normalized spacial score (nSPS) is 10.2. The molecular weight excluding hydrogens is 287 g/mol. The molecular formula is C12H9N3Ru. The summed E-state index contributed by atoms with van der Waals surface area (Å²) in [6.07, 6.45) is 1.77. The van der Waals surface area contributed by atoms with Gasteiger partial charge in [0.25, 0.3) is 0 Å². The molecule has 0 aliphatic rings. The quantitative estimate of drug-likeness (QED) is 0.512. The Morgan fingerprint density at radius 2 is 1.56 bits per heavy atom. The number of aromatic nitrogens is 2. The van der Waals surface area contributed by atoms with Gasteiger partial charge in [0.1, 0.15) is 5.82 Å². The van der Waals surface area contributed by atoms with E-state index in [1.165, 1.54) is 0 Å². The van der Waals surface area contributed by atoms with Gasteiger partial charge in [-0.25, -0.2) is 4.98 Å². The summed E-state index contributed by atoms with van der Waals surface area (Å²) in [6, 6.07) is 11.8. The summed E-state index contributed by atoms with van der Waals surface area (Å²) >= 11 is 0. The summed E-state index contributed by atoms with van der Waals surface area (Å²) in [7, 11) is 0. The van der Waals surface area contributed by atoms with Gasteiger partial charge in [0.15, 0.2) is 0 Å². The summed E-state index contributed by atoms with van der Waals surface area (Å²) < 4.78 is 0. The van der Waals surface area contributed by atoms with E-state index in [9.17, 15) is 0 Å². The maximum Gasteiger partial charge on any atom is 0.124 e. The Bertz CT molecular complexity index is 652. The van der Waals surface area contributed by atoms with Gasteiger partial charge in [0.2, 0.25) is 0 Å². The van der Waals surface area contributed by atoms with Crippen LogP contribution >= 0.6 is 0 Å². The monoisotopic (exact) mass is 297 g/mol. The zero-order chi connectivity index (χ0) is 10.3. The summed E-state index contributed by atoms with van der Waals surface area (Å²) in [5, 5.41) is 2.15. The average molecular weight is 296 g/mol. The van der Waals surface area contributed by atoms with Crippen molar-refractivity contribution in [3.8, 4) is 0 Å². The van der Waals surface area contributed by atoms with Gasteiger partial charge in [0, 0.05) is 36.4 Å². The molecule has 16 heavy (non-hydrogen) atoms. The summed E-state index contributed by atoms with van der Waals surface area (Å²) in [5.41, 5.74) is 7.45. The van der Waals surface area contributed by atoms with Crippen LogP contribution in [0.5, 0.6) is 0 Å². The third-order valence-electron chi connectivity index (χ3n) is 2.45. The predicted molar refractivity (Wildman–Crippen MR) is 61.5 cm³/mol. The van der Waals surface area contributed by atoms with E-state index in [0.717, 1.165) is 21.8 Å². The number of hydrogen-bond acceptors (Lipinski definition) is 3. The van der Waals surface area contributed by atoms with Crippen molar-refractivity contribution in [2.24, 2.45) is 0 Å². The molecule has 1 aromatic carbocycles. The first-order valence-electron chi connectivity index (χ1n) is 4.74. The number of rotatable bonds is 0. The van der Waals surface area contributed by atoms with Crippen LogP contribution in [0.3, 0.4) is 0 Å². The topological polar surface area (TPSA) is 51.8 Å². The first kappa shape index (κ1) is 11.0. The van der Waals surface area contributed by atoms with Crippen LogP contribution in [0.25, 0.3) is 21.8 Å². The molecule has 4 heteroatoms. The molecule has 2 N–H and O–H groups in total. The number of nitrogens with zero attached hydrogens (tertiary/aromatic N) is 2. The van der Waals surface area contributed by atoms with Gasteiger partial charge < -0.3 is 5.73 Å². The van der Waals surface area contributed by atoms with Crippen LogP contribution in [-0.4, -0.2) is 9.97 Å². The molecule has 2 heterocycles. The number of anilines is 1. The summed E-state index contributed by atoms with van der Waals surface area (Å²) in [4.78, 5) is 8.65. The van der Waals surface area contributed by atoms with E-state index in [4.69, 9.17) is 5.73 Å². The summed E-state index contributed by atoms with van der Waals surface area (Å²) in [6.45, 7) is 0. The predicted octanol–water partition coefficient (Wildman–Crippen LogP) is 2.36. The molecule has 3 nitrogen and oxygen atoms in total. The Morgan fingerprint density at radius 1 is 0.875 bits per heavy atom. The zero-order valence-electron chi connectivity index (χ0n) is 8.37. The number of pyridine rings is 2. The Labute approximate surface area is 105 Å². The van der Waals surface area contributed by atoms with Gasteiger partial charge in [-0.15, -0.1) is 0 Å². The van der Waals surface area contributed by atoms with E-state index in [1.807, 2.05) is 30.3 Å². The van der Waals surface area contributed by atoms with Gasteiger partial charge in [0.05, 0.1) is 11.0 Å². The van der Waals surface area contributed by atoms with E-state index in [1.54, 1.807) is 12.3 Å². The smallest absolute Gasteiger partial charge is 0.124 e. The molecule has 0 aliphatic carbocycles. The fraction of sp³-hybridized carbons (Fsp3) is 0. The molecule has 0 amide bonds. The van der Waals surface area contributed by atoms with Crippen LogP contribution < -0.4 is 5.73 Å². The molecule has 0 saturated heterocycles. The van der Waals surface area contributed by atoms with Gasteiger partial charge in [-0.05, 0) is 18.2 Å². The number of nitrogens with two attached hydrogens (primary N) is 1. The second kappa shape index (κ2) is 4.14. The SMILES string of the molecule is Nc1ccc2ccc3cccnc3c2n1.[Ru]. The second-order valence-corrected chi connectivity index (χ2v) is 3.45. The Kier molecular flexibility index (Phi) is 2.84. The van der Waals surface area contributed by atoms with Crippen molar-refractivity contribution in [1.82, 2.24) is 9.97 Å². The molecule has 0 atom stereocenters. The molecule has 3 rings (SSSR count). The van der Waals surface area contributed by atoms with Crippen LogP contribution in [-0.2, 0) is 19.5 Å². The second-order valence-electron chi connectivity index (χ2n) is 3.45. The Balaban J connectivity index is 0.000000963. The number of nitrogen functional groups attached to an aromatic ring is 1. The van der Waals surface area contributed by atoms with Gasteiger partial charge in [-0.3, -0.25) is 4.98 Å². The number of hydrogen-bond donors (Lipinski definition) is 1.